The SMILES string of the molecule is CCOC(=O)c1cn(CN2C=CC(N3C[C@@H]4C(C)[C@@H]4C3)=NC2C)cn1. The van der Waals surface area contributed by atoms with Crippen molar-refractivity contribution < 1.29 is 9.53 Å². The molecule has 7 nitrogen and oxygen atoms in total. The zero-order valence-electron chi connectivity index (χ0n) is 15.0. The monoisotopic (exact) mass is 343 g/mol. The van der Waals surface area contributed by atoms with Gasteiger partial charge in [-0.15, -0.1) is 0 Å². The van der Waals surface area contributed by atoms with Crippen molar-refractivity contribution in [1.82, 2.24) is 19.4 Å². The number of imidazole rings is 1. The quantitative estimate of drug-likeness (QED) is 0.780. The highest BCUT2D eigenvalue weighted by Crippen LogP contribution is 2.51. The van der Waals surface area contributed by atoms with Crippen LogP contribution >= 0.6 is 0 Å². The van der Waals surface area contributed by atoms with E-state index < -0.39 is 0 Å². The largest absolute Gasteiger partial charge is 0.461 e. The van der Waals surface area contributed by atoms with Gasteiger partial charge in [0.15, 0.2) is 5.69 Å². The number of carbonyl (C=O) groups excluding carboxylic acids is 1. The van der Waals surface area contributed by atoms with Crippen molar-refractivity contribution in [2.75, 3.05) is 19.7 Å². The number of rotatable bonds is 4. The summed E-state index contributed by atoms with van der Waals surface area (Å²) in [5.74, 6) is 3.35. The summed E-state index contributed by atoms with van der Waals surface area (Å²) in [6.07, 6.45) is 7.61. The molecule has 2 aliphatic heterocycles. The van der Waals surface area contributed by atoms with E-state index in [0.29, 0.717) is 19.0 Å². The minimum Gasteiger partial charge on any atom is -0.461 e. The van der Waals surface area contributed by atoms with Crippen molar-refractivity contribution >= 4 is 11.8 Å². The Balaban J connectivity index is 1.36. The van der Waals surface area contributed by atoms with E-state index in [9.17, 15) is 4.79 Å². The van der Waals surface area contributed by atoms with Crippen LogP contribution in [0.1, 0.15) is 31.3 Å². The van der Waals surface area contributed by atoms with E-state index in [2.05, 4.69) is 40.9 Å². The summed E-state index contributed by atoms with van der Waals surface area (Å²) >= 11 is 0. The number of likely N-dealkylation sites (tertiary alicyclic amines) is 1. The molecule has 0 spiro atoms. The molecule has 0 N–H and O–H groups in total. The molecule has 2 fully saturated rings. The van der Waals surface area contributed by atoms with Crippen LogP contribution in [0.3, 0.4) is 0 Å². The first-order valence-electron chi connectivity index (χ1n) is 9.02. The van der Waals surface area contributed by atoms with Gasteiger partial charge in [-0.2, -0.15) is 0 Å². The van der Waals surface area contributed by atoms with Crippen molar-refractivity contribution in [3.05, 3.63) is 30.5 Å². The van der Waals surface area contributed by atoms with Crippen LogP contribution in [0.2, 0.25) is 0 Å². The average molecular weight is 343 g/mol. The number of aromatic nitrogens is 2. The summed E-state index contributed by atoms with van der Waals surface area (Å²) in [4.78, 5) is 25.2. The molecule has 4 rings (SSSR count). The maximum Gasteiger partial charge on any atom is 0.358 e. The summed E-state index contributed by atoms with van der Waals surface area (Å²) in [7, 11) is 0. The molecule has 2 unspecified atom stereocenters. The van der Waals surface area contributed by atoms with Crippen molar-refractivity contribution in [2.24, 2.45) is 22.7 Å². The zero-order chi connectivity index (χ0) is 17.6. The summed E-state index contributed by atoms with van der Waals surface area (Å²) < 4.78 is 6.85. The van der Waals surface area contributed by atoms with Gasteiger partial charge in [-0.3, -0.25) is 0 Å². The predicted molar refractivity (Wildman–Crippen MR) is 93.8 cm³/mol. The second-order valence-corrected chi connectivity index (χ2v) is 7.18. The Labute approximate surface area is 148 Å². The first-order chi connectivity index (χ1) is 12.1. The molecule has 4 atom stereocenters. The lowest BCUT2D eigenvalue weighted by molar-refractivity contribution is 0.0520. The van der Waals surface area contributed by atoms with Crippen LogP contribution in [0, 0.1) is 17.8 Å². The highest BCUT2D eigenvalue weighted by atomic mass is 16.5. The molecule has 1 aromatic rings. The Morgan fingerprint density at radius 3 is 2.76 bits per heavy atom. The van der Waals surface area contributed by atoms with Crippen molar-refractivity contribution in [1.29, 1.82) is 0 Å². The van der Waals surface area contributed by atoms with Gasteiger partial charge in [-0.1, -0.05) is 6.92 Å². The first kappa shape index (κ1) is 16.2. The van der Waals surface area contributed by atoms with Crippen LogP contribution in [-0.4, -0.2) is 57.0 Å². The number of fused-ring (bicyclic) bond motifs is 1. The van der Waals surface area contributed by atoms with E-state index in [1.807, 2.05) is 4.57 Å². The van der Waals surface area contributed by atoms with Crippen LogP contribution < -0.4 is 0 Å². The fourth-order valence-corrected chi connectivity index (χ4v) is 3.89. The highest BCUT2D eigenvalue weighted by Gasteiger charge is 2.53. The lowest BCUT2D eigenvalue weighted by Gasteiger charge is -2.32. The molecule has 7 heteroatoms. The number of nitrogens with zero attached hydrogens (tertiary/aromatic N) is 5. The molecule has 134 valence electrons. The summed E-state index contributed by atoms with van der Waals surface area (Å²) in [5.41, 5.74) is 0.338. The lowest BCUT2D eigenvalue weighted by Crippen LogP contribution is -2.38. The Hall–Kier alpha value is -2.31. The Bertz CT molecular complexity index is 713. The van der Waals surface area contributed by atoms with Crippen molar-refractivity contribution in [3.8, 4) is 0 Å². The molecular formula is C18H25N5O2. The fraction of sp³-hybridized carbons (Fsp3) is 0.611. The number of hydrogen-bond acceptors (Lipinski definition) is 6. The first-order valence-corrected chi connectivity index (χ1v) is 9.02. The van der Waals surface area contributed by atoms with E-state index in [1.54, 1.807) is 19.4 Å². The smallest absolute Gasteiger partial charge is 0.358 e. The normalized spacial score (nSPS) is 30.3. The predicted octanol–water partition coefficient (Wildman–Crippen LogP) is 1.79. The molecule has 0 aromatic carbocycles. The molecule has 0 bridgehead atoms. The van der Waals surface area contributed by atoms with Crippen LogP contribution in [0.5, 0.6) is 0 Å². The molecule has 0 radical (unpaired) electrons. The molecule has 1 saturated heterocycles. The van der Waals surface area contributed by atoms with Gasteiger partial charge >= 0.3 is 5.97 Å². The standard InChI is InChI=1S/C18H25N5O2/c1-4-25-18(24)16-9-21(10-19-16)11-22-6-5-17(20-13(22)3)23-7-14-12(2)15(14)8-23/h5-6,9-10,12-15H,4,7-8,11H2,1-3H3/t12?,13?,14-,15+. The second-order valence-electron chi connectivity index (χ2n) is 7.18. The Kier molecular flexibility index (Phi) is 4.01. The van der Waals surface area contributed by atoms with Gasteiger partial charge in [-0.25, -0.2) is 14.8 Å². The van der Waals surface area contributed by atoms with Gasteiger partial charge in [0.2, 0.25) is 0 Å². The van der Waals surface area contributed by atoms with Crippen molar-refractivity contribution in [2.45, 2.75) is 33.6 Å². The third-order valence-corrected chi connectivity index (χ3v) is 5.60. The lowest BCUT2D eigenvalue weighted by atomic mass is 10.3. The maximum atomic E-state index is 11.7. The third kappa shape index (κ3) is 3.03. The summed E-state index contributed by atoms with van der Waals surface area (Å²) in [5, 5.41) is 0. The molecule has 25 heavy (non-hydrogen) atoms. The van der Waals surface area contributed by atoms with Gasteiger partial charge in [0.25, 0.3) is 0 Å². The number of piperidine rings is 1. The molecule has 1 saturated carbocycles. The van der Waals surface area contributed by atoms with E-state index in [0.717, 1.165) is 36.7 Å². The summed E-state index contributed by atoms with van der Waals surface area (Å²) in [6.45, 7) is 9.47. The maximum absolute atomic E-state index is 11.7. The average Bonchev–Trinajstić information content (AvgIpc) is 3.03. The minimum atomic E-state index is -0.384. The van der Waals surface area contributed by atoms with E-state index >= 15 is 0 Å². The minimum absolute atomic E-state index is 0.0581. The van der Waals surface area contributed by atoms with Crippen LogP contribution in [-0.2, 0) is 11.4 Å². The van der Waals surface area contributed by atoms with Gasteiger partial charge in [-0.05, 0) is 37.7 Å². The van der Waals surface area contributed by atoms with E-state index in [4.69, 9.17) is 9.73 Å². The van der Waals surface area contributed by atoms with Crippen LogP contribution in [0.4, 0.5) is 0 Å². The van der Waals surface area contributed by atoms with Gasteiger partial charge in [0, 0.05) is 25.5 Å². The molecule has 0 amide bonds. The number of hydrogen-bond donors (Lipinski definition) is 0. The topological polar surface area (TPSA) is 63.0 Å². The second kappa shape index (κ2) is 6.20. The number of carbonyl (C=O) groups is 1. The van der Waals surface area contributed by atoms with Crippen LogP contribution in [0.25, 0.3) is 0 Å². The number of ether oxygens (including phenoxy) is 1. The Morgan fingerprint density at radius 1 is 1.32 bits per heavy atom. The van der Waals surface area contributed by atoms with Gasteiger partial charge < -0.3 is 19.1 Å². The Morgan fingerprint density at radius 2 is 2.08 bits per heavy atom. The van der Waals surface area contributed by atoms with E-state index in [1.165, 1.54) is 0 Å². The number of aliphatic imine (C=N–C) groups is 1. The third-order valence-electron chi connectivity index (χ3n) is 5.60. The van der Waals surface area contributed by atoms with Gasteiger partial charge in [0.05, 0.1) is 19.6 Å². The molecule has 1 aliphatic carbocycles. The van der Waals surface area contributed by atoms with Crippen molar-refractivity contribution in [3.63, 3.8) is 0 Å². The zero-order valence-corrected chi connectivity index (χ0v) is 15.0. The van der Waals surface area contributed by atoms with Gasteiger partial charge in [0.1, 0.15) is 12.0 Å². The molecule has 1 aromatic heterocycles. The fourth-order valence-electron chi connectivity index (χ4n) is 3.89. The molecular weight excluding hydrogens is 318 g/mol. The van der Waals surface area contributed by atoms with Crippen LogP contribution in [0.15, 0.2) is 29.8 Å². The number of esters is 1. The molecule has 3 heterocycles. The highest BCUT2D eigenvalue weighted by molar-refractivity contribution is 5.94. The molecule has 3 aliphatic rings. The van der Waals surface area contributed by atoms with E-state index in [-0.39, 0.29) is 12.1 Å². The summed E-state index contributed by atoms with van der Waals surface area (Å²) in [6, 6.07) is 0. The number of amidine groups is 1.